The Hall–Kier alpha value is -2.32. The number of halogens is 1. The number of ether oxygens (including phenoxy) is 1. The number of benzene rings is 2. The van der Waals surface area contributed by atoms with Crippen LogP contribution in [0.2, 0.25) is 0 Å². The number of methoxy groups -OCH3 is 1. The van der Waals surface area contributed by atoms with Gasteiger partial charge in [0, 0.05) is 29.1 Å². The number of nitrogens with one attached hydrogen (secondary N) is 2. The number of carbonyl (C=O) groups is 1. The standard InChI is InChI=1S/C24H29FN2O3S/c1-30-22(17-9-11-20(25)12-10-17)15-19(24(28)27-29)7-4-5-13-26-16-21-14-18-6-2-3-8-23(18)31-21/h2-3,6,8-12,14,19,22,26,29H,4-5,7,13,15-16H2,1H3,(H,27,28). The molecule has 1 heterocycles. The predicted molar refractivity (Wildman–Crippen MR) is 122 cm³/mol. The molecule has 0 aliphatic carbocycles. The summed E-state index contributed by atoms with van der Waals surface area (Å²) in [5.41, 5.74) is 2.58. The summed E-state index contributed by atoms with van der Waals surface area (Å²) < 4.78 is 20.0. The number of fused-ring (bicyclic) bond motifs is 1. The van der Waals surface area contributed by atoms with Gasteiger partial charge in [0.15, 0.2) is 0 Å². The molecule has 0 aliphatic rings. The molecule has 0 saturated carbocycles. The number of amides is 1. The topological polar surface area (TPSA) is 70.6 Å². The third-order valence-electron chi connectivity index (χ3n) is 5.44. The van der Waals surface area contributed by atoms with E-state index in [0.717, 1.165) is 31.5 Å². The molecule has 166 valence electrons. The van der Waals surface area contributed by atoms with Gasteiger partial charge in [-0.05, 0) is 61.0 Å². The van der Waals surface area contributed by atoms with E-state index in [4.69, 9.17) is 9.94 Å². The van der Waals surface area contributed by atoms with E-state index in [9.17, 15) is 9.18 Å². The average Bonchev–Trinajstić information content (AvgIpc) is 3.21. The van der Waals surface area contributed by atoms with Crippen LogP contribution in [0.4, 0.5) is 4.39 Å². The number of hydrogen-bond donors (Lipinski definition) is 3. The molecule has 31 heavy (non-hydrogen) atoms. The monoisotopic (exact) mass is 444 g/mol. The molecule has 5 nitrogen and oxygen atoms in total. The number of carbonyl (C=O) groups excluding carboxylic acids is 1. The van der Waals surface area contributed by atoms with Crippen LogP contribution in [-0.2, 0) is 16.1 Å². The van der Waals surface area contributed by atoms with Crippen molar-refractivity contribution in [1.29, 1.82) is 0 Å². The predicted octanol–water partition coefficient (Wildman–Crippen LogP) is 5.20. The van der Waals surface area contributed by atoms with Crippen molar-refractivity contribution in [3.8, 4) is 0 Å². The van der Waals surface area contributed by atoms with Crippen LogP contribution in [0, 0.1) is 11.7 Å². The highest BCUT2D eigenvalue weighted by Crippen LogP contribution is 2.28. The van der Waals surface area contributed by atoms with E-state index < -0.39 is 5.91 Å². The summed E-state index contributed by atoms with van der Waals surface area (Å²) in [7, 11) is 1.57. The van der Waals surface area contributed by atoms with Crippen molar-refractivity contribution < 1.29 is 19.1 Å². The summed E-state index contributed by atoms with van der Waals surface area (Å²) in [6.07, 6.45) is 2.49. The molecule has 3 N–H and O–H groups in total. The van der Waals surface area contributed by atoms with E-state index >= 15 is 0 Å². The van der Waals surface area contributed by atoms with Gasteiger partial charge in [-0.2, -0.15) is 0 Å². The fourth-order valence-corrected chi connectivity index (χ4v) is 4.76. The lowest BCUT2D eigenvalue weighted by atomic mass is 9.91. The molecule has 0 aliphatic heterocycles. The second kappa shape index (κ2) is 11.9. The molecule has 0 saturated heterocycles. The maximum atomic E-state index is 13.2. The van der Waals surface area contributed by atoms with Crippen molar-refractivity contribution in [1.82, 2.24) is 10.8 Å². The Morgan fingerprint density at radius 3 is 2.65 bits per heavy atom. The molecule has 0 spiro atoms. The van der Waals surface area contributed by atoms with Crippen molar-refractivity contribution >= 4 is 27.3 Å². The van der Waals surface area contributed by atoms with E-state index in [-0.39, 0.29) is 17.8 Å². The maximum absolute atomic E-state index is 13.2. The Morgan fingerprint density at radius 2 is 1.94 bits per heavy atom. The molecule has 2 unspecified atom stereocenters. The minimum atomic E-state index is -0.414. The van der Waals surface area contributed by atoms with Crippen LogP contribution in [0.5, 0.6) is 0 Å². The number of thiophene rings is 1. The highest BCUT2D eigenvalue weighted by atomic mass is 32.1. The van der Waals surface area contributed by atoms with Crippen LogP contribution in [0.1, 0.15) is 42.2 Å². The second-order valence-electron chi connectivity index (χ2n) is 7.61. The van der Waals surface area contributed by atoms with E-state index in [1.807, 2.05) is 0 Å². The van der Waals surface area contributed by atoms with Gasteiger partial charge in [0.2, 0.25) is 5.91 Å². The van der Waals surface area contributed by atoms with E-state index in [0.29, 0.717) is 12.8 Å². The van der Waals surface area contributed by atoms with Crippen LogP contribution >= 0.6 is 11.3 Å². The first-order chi connectivity index (χ1) is 15.1. The van der Waals surface area contributed by atoms with Crippen molar-refractivity contribution in [2.24, 2.45) is 5.92 Å². The van der Waals surface area contributed by atoms with Crippen molar-refractivity contribution in [3.63, 3.8) is 0 Å². The third kappa shape index (κ3) is 6.83. The Bertz CT molecular complexity index is 928. The van der Waals surface area contributed by atoms with Gasteiger partial charge in [-0.1, -0.05) is 36.8 Å². The van der Waals surface area contributed by atoms with Gasteiger partial charge in [-0.3, -0.25) is 10.0 Å². The number of hydrogen-bond acceptors (Lipinski definition) is 5. The quantitative estimate of drug-likeness (QED) is 0.204. The molecule has 7 heteroatoms. The first-order valence-corrected chi connectivity index (χ1v) is 11.3. The molecule has 0 radical (unpaired) electrons. The van der Waals surface area contributed by atoms with Crippen LogP contribution in [0.15, 0.2) is 54.6 Å². The summed E-state index contributed by atoms with van der Waals surface area (Å²) in [5.74, 6) is -1.11. The van der Waals surface area contributed by atoms with Crippen LogP contribution in [-0.4, -0.2) is 24.8 Å². The fourth-order valence-electron chi connectivity index (χ4n) is 3.73. The largest absolute Gasteiger partial charge is 0.377 e. The average molecular weight is 445 g/mol. The fraction of sp³-hybridized carbons (Fsp3) is 0.375. The van der Waals surface area contributed by atoms with Gasteiger partial charge in [0.25, 0.3) is 0 Å². The molecule has 2 aromatic carbocycles. The zero-order valence-electron chi connectivity index (χ0n) is 17.6. The lowest BCUT2D eigenvalue weighted by molar-refractivity contribution is -0.135. The zero-order chi connectivity index (χ0) is 22.1. The van der Waals surface area contributed by atoms with Gasteiger partial charge in [0.1, 0.15) is 5.82 Å². The zero-order valence-corrected chi connectivity index (χ0v) is 18.5. The van der Waals surface area contributed by atoms with Gasteiger partial charge in [-0.25, -0.2) is 9.87 Å². The maximum Gasteiger partial charge on any atom is 0.246 e. The van der Waals surface area contributed by atoms with Gasteiger partial charge >= 0.3 is 0 Å². The second-order valence-corrected chi connectivity index (χ2v) is 8.78. The minimum Gasteiger partial charge on any atom is -0.377 e. The molecule has 2 atom stereocenters. The molecule has 1 aromatic heterocycles. The summed E-state index contributed by atoms with van der Waals surface area (Å²) in [5, 5.41) is 13.9. The van der Waals surface area contributed by atoms with Crippen LogP contribution in [0.25, 0.3) is 10.1 Å². The van der Waals surface area contributed by atoms with Gasteiger partial charge in [-0.15, -0.1) is 11.3 Å². The molecule has 3 rings (SSSR count). The number of unbranched alkanes of at least 4 members (excludes halogenated alkanes) is 1. The molecule has 0 bridgehead atoms. The molecule has 0 fully saturated rings. The van der Waals surface area contributed by atoms with Crippen LogP contribution < -0.4 is 10.8 Å². The lowest BCUT2D eigenvalue weighted by Crippen LogP contribution is -2.29. The van der Waals surface area contributed by atoms with E-state index in [1.165, 1.54) is 27.1 Å². The highest BCUT2D eigenvalue weighted by molar-refractivity contribution is 7.19. The number of rotatable bonds is 12. The summed E-state index contributed by atoms with van der Waals surface area (Å²) in [4.78, 5) is 13.5. The first-order valence-electron chi connectivity index (χ1n) is 10.5. The molecule has 1 amide bonds. The summed E-state index contributed by atoms with van der Waals surface area (Å²) in [6, 6.07) is 16.7. The first kappa shape index (κ1) is 23.3. The number of hydroxylamine groups is 1. The third-order valence-corrected chi connectivity index (χ3v) is 6.55. The van der Waals surface area contributed by atoms with Crippen LogP contribution in [0.3, 0.4) is 0 Å². The van der Waals surface area contributed by atoms with Gasteiger partial charge < -0.3 is 10.1 Å². The van der Waals surface area contributed by atoms with Crippen molar-refractivity contribution in [2.45, 2.75) is 38.3 Å². The van der Waals surface area contributed by atoms with E-state index in [1.54, 1.807) is 36.1 Å². The Kier molecular flexibility index (Phi) is 8.97. The van der Waals surface area contributed by atoms with Crippen molar-refractivity contribution in [3.05, 3.63) is 70.9 Å². The minimum absolute atomic E-state index is 0.314. The van der Waals surface area contributed by atoms with Gasteiger partial charge in [0.05, 0.1) is 6.10 Å². The van der Waals surface area contributed by atoms with Crippen molar-refractivity contribution in [2.75, 3.05) is 13.7 Å². The Labute approximate surface area is 186 Å². The summed E-state index contributed by atoms with van der Waals surface area (Å²) in [6.45, 7) is 1.68. The van der Waals surface area contributed by atoms with E-state index in [2.05, 4.69) is 35.6 Å². The lowest BCUT2D eigenvalue weighted by Gasteiger charge is -2.22. The Balaban J connectivity index is 1.43. The molecule has 3 aromatic rings. The SMILES string of the molecule is COC(CC(CCCCNCc1cc2ccccc2s1)C(=O)NO)c1ccc(F)cc1. The highest BCUT2D eigenvalue weighted by Gasteiger charge is 2.23. The molecular formula is C24H29FN2O3S. The Morgan fingerprint density at radius 1 is 1.16 bits per heavy atom. The smallest absolute Gasteiger partial charge is 0.246 e. The normalized spacial score (nSPS) is 13.3. The summed E-state index contributed by atoms with van der Waals surface area (Å²) >= 11 is 1.80. The molecular weight excluding hydrogens is 415 g/mol.